The molecule has 0 saturated carbocycles. The highest BCUT2D eigenvalue weighted by molar-refractivity contribution is 7.92. The molecule has 0 aromatic heterocycles. The Kier molecular flexibility index (Phi) is 10.4. The molecule has 0 bridgehead atoms. The molecular formula is C25H33Cl2N3O4S. The van der Waals surface area contributed by atoms with Gasteiger partial charge in [0.05, 0.1) is 22.0 Å². The molecule has 0 aliphatic carbocycles. The lowest BCUT2D eigenvalue weighted by molar-refractivity contribution is -0.140. The molecular weight excluding hydrogens is 509 g/mol. The maximum Gasteiger partial charge on any atom is 0.244 e. The van der Waals surface area contributed by atoms with Gasteiger partial charge in [-0.2, -0.15) is 0 Å². The summed E-state index contributed by atoms with van der Waals surface area (Å²) in [5.41, 5.74) is 1.94. The lowest BCUT2D eigenvalue weighted by Gasteiger charge is -2.33. The van der Waals surface area contributed by atoms with Gasteiger partial charge in [0.1, 0.15) is 12.6 Å². The van der Waals surface area contributed by atoms with Crippen LogP contribution < -0.4 is 9.62 Å². The number of hydrogen-bond donors (Lipinski definition) is 1. The number of nitrogens with one attached hydrogen (secondary N) is 1. The van der Waals surface area contributed by atoms with Crippen LogP contribution in [0.15, 0.2) is 42.5 Å². The van der Waals surface area contributed by atoms with Gasteiger partial charge in [-0.3, -0.25) is 13.9 Å². The summed E-state index contributed by atoms with van der Waals surface area (Å²) < 4.78 is 26.3. The van der Waals surface area contributed by atoms with Crippen LogP contribution in [0, 0.1) is 12.8 Å². The highest BCUT2D eigenvalue weighted by Gasteiger charge is 2.32. The molecule has 0 aliphatic heterocycles. The first-order chi connectivity index (χ1) is 16.3. The van der Waals surface area contributed by atoms with Gasteiger partial charge in [0.2, 0.25) is 21.8 Å². The van der Waals surface area contributed by atoms with Gasteiger partial charge in [-0.15, -0.1) is 0 Å². The number of benzene rings is 2. The Morgan fingerprint density at radius 1 is 1.09 bits per heavy atom. The summed E-state index contributed by atoms with van der Waals surface area (Å²) in [5, 5.41) is 3.09. The Labute approximate surface area is 218 Å². The molecule has 2 amide bonds. The summed E-state index contributed by atoms with van der Waals surface area (Å²) in [7, 11) is -3.90. The van der Waals surface area contributed by atoms with Gasteiger partial charge in [0, 0.05) is 13.1 Å². The number of nitrogens with zero attached hydrogens (tertiary/aromatic N) is 2. The summed E-state index contributed by atoms with van der Waals surface area (Å²) in [4.78, 5) is 28.2. The number of aryl methyl sites for hydroxylation is 1. The van der Waals surface area contributed by atoms with Crippen molar-refractivity contribution in [2.75, 3.05) is 23.7 Å². The van der Waals surface area contributed by atoms with E-state index in [9.17, 15) is 18.0 Å². The van der Waals surface area contributed by atoms with E-state index in [0.717, 1.165) is 21.7 Å². The molecule has 2 aromatic rings. The largest absolute Gasteiger partial charge is 0.354 e. The van der Waals surface area contributed by atoms with Gasteiger partial charge in [-0.1, -0.05) is 79.9 Å². The maximum atomic E-state index is 13.7. The third-order valence-corrected chi connectivity index (χ3v) is 7.32. The first-order valence-electron chi connectivity index (χ1n) is 11.4. The fraction of sp³-hybridized carbons (Fsp3) is 0.440. The number of halogens is 2. The third kappa shape index (κ3) is 8.12. The van der Waals surface area contributed by atoms with Gasteiger partial charge in [-0.25, -0.2) is 8.42 Å². The molecule has 35 heavy (non-hydrogen) atoms. The average Bonchev–Trinajstić information content (AvgIpc) is 2.77. The van der Waals surface area contributed by atoms with Crippen molar-refractivity contribution in [3.8, 4) is 0 Å². The van der Waals surface area contributed by atoms with Crippen LogP contribution in [0.1, 0.15) is 38.3 Å². The normalized spacial score (nSPS) is 12.3. The van der Waals surface area contributed by atoms with Crippen LogP contribution >= 0.6 is 23.2 Å². The second-order valence-corrected chi connectivity index (χ2v) is 11.6. The molecule has 2 rings (SSSR count). The summed E-state index contributed by atoms with van der Waals surface area (Å²) in [6.45, 7) is 7.81. The van der Waals surface area contributed by atoms with E-state index in [0.29, 0.717) is 13.0 Å². The van der Waals surface area contributed by atoms with Crippen LogP contribution in [0.3, 0.4) is 0 Å². The molecule has 10 heteroatoms. The average molecular weight is 543 g/mol. The van der Waals surface area contributed by atoms with Gasteiger partial charge < -0.3 is 10.2 Å². The van der Waals surface area contributed by atoms with E-state index in [1.807, 2.05) is 52.0 Å². The summed E-state index contributed by atoms with van der Waals surface area (Å²) in [6, 6.07) is 11.4. The number of anilines is 1. The number of sulfonamides is 1. The van der Waals surface area contributed by atoms with Crippen LogP contribution in [0.25, 0.3) is 0 Å². The van der Waals surface area contributed by atoms with Gasteiger partial charge >= 0.3 is 0 Å². The predicted octanol–water partition coefficient (Wildman–Crippen LogP) is 4.65. The second-order valence-electron chi connectivity index (χ2n) is 8.92. The van der Waals surface area contributed by atoms with Crippen LogP contribution in [-0.2, 0) is 26.2 Å². The van der Waals surface area contributed by atoms with Gasteiger partial charge in [0.25, 0.3) is 0 Å². The zero-order valence-electron chi connectivity index (χ0n) is 20.7. The zero-order chi connectivity index (χ0) is 26.3. The van der Waals surface area contributed by atoms with E-state index in [4.69, 9.17) is 23.2 Å². The van der Waals surface area contributed by atoms with Crippen molar-refractivity contribution >= 4 is 50.7 Å². The molecule has 0 spiro atoms. The molecule has 0 heterocycles. The number of hydrogen-bond acceptors (Lipinski definition) is 4. The van der Waals surface area contributed by atoms with Crippen molar-refractivity contribution in [2.24, 2.45) is 5.92 Å². The first kappa shape index (κ1) is 28.9. The second kappa shape index (κ2) is 12.6. The van der Waals surface area contributed by atoms with Crippen molar-refractivity contribution in [1.82, 2.24) is 10.2 Å². The Balaban J connectivity index is 2.47. The van der Waals surface area contributed by atoms with E-state index in [2.05, 4.69) is 5.32 Å². The minimum Gasteiger partial charge on any atom is -0.354 e. The maximum absolute atomic E-state index is 13.7. The molecule has 2 aromatic carbocycles. The van der Waals surface area contributed by atoms with E-state index in [1.54, 1.807) is 6.07 Å². The van der Waals surface area contributed by atoms with Gasteiger partial charge in [0.15, 0.2) is 0 Å². The van der Waals surface area contributed by atoms with Gasteiger partial charge in [-0.05, 0) is 37.0 Å². The minimum absolute atomic E-state index is 0.0272. The molecule has 0 saturated heterocycles. The minimum atomic E-state index is -3.90. The molecule has 7 nitrogen and oxygen atoms in total. The first-order valence-corrected chi connectivity index (χ1v) is 14.0. The van der Waals surface area contributed by atoms with Crippen LogP contribution in [-0.4, -0.2) is 50.5 Å². The van der Waals surface area contributed by atoms with Crippen molar-refractivity contribution in [3.63, 3.8) is 0 Å². The van der Waals surface area contributed by atoms with Crippen LogP contribution in [0.5, 0.6) is 0 Å². The lowest BCUT2D eigenvalue weighted by Crippen LogP contribution is -2.52. The van der Waals surface area contributed by atoms with Crippen molar-refractivity contribution in [2.45, 2.75) is 46.7 Å². The van der Waals surface area contributed by atoms with Crippen molar-refractivity contribution < 1.29 is 18.0 Å². The topological polar surface area (TPSA) is 86.8 Å². The number of carbonyl (C=O) groups is 2. The van der Waals surface area contributed by atoms with E-state index in [1.165, 1.54) is 17.0 Å². The third-order valence-electron chi connectivity index (χ3n) is 5.38. The Morgan fingerprint density at radius 2 is 1.74 bits per heavy atom. The highest BCUT2D eigenvalue weighted by atomic mass is 35.5. The van der Waals surface area contributed by atoms with E-state index >= 15 is 0 Å². The van der Waals surface area contributed by atoms with Crippen LogP contribution in [0.4, 0.5) is 5.69 Å². The molecule has 0 radical (unpaired) electrons. The Hall–Kier alpha value is -2.29. The zero-order valence-corrected chi connectivity index (χ0v) is 23.0. The summed E-state index contributed by atoms with van der Waals surface area (Å²) in [6.07, 6.45) is 1.35. The quantitative estimate of drug-likeness (QED) is 0.448. The fourth-order valence-corrected chi connectivity index (χ4v) is 4.93. The van der Waals surface area contributed by atoms with E-state index in [-0.39, 0.29) is 34.1 Å². The highest BCUT2D eigenvalue weighted by Crippen LogP contribution is 2.33. The van der Waals surface area contributed by atoms with Crippen LogP contribution in [0.2, 0.25) is 10.0 Å². The lowest BCUT2D eigenvalue weighted by atomic mass is 10.1. The molecule has 192 valence electrons. The summed E-state index contributed by atoms with van der Waals surface area (Å²) >= 11 is 12.4. The Morgan fingerprint density at radius 3 is 2.31 bits per heavy atom. The van der Waals surface area contributed by atoms with E-state index < -0.39 is 28.5 Å². The number of rotatable bonds is 11. The smallest absolute Gasteiger partial charge is 0.244 e. The number of amides is 2. The van der Waals surface area contributed by atoms with Crippen molar-refractivity contribution in [1.29, 1.82) is 0 Å². The molecule has 0 fully saturated rings. The Bertz CT molecular complexity index is 1160. The number of carbonyl (C=O) groups excluding carboxylic acids is 2. The monoisotopic (exact) mass is 541 g/mol. The molecule has 0 unspecified atom stereocenters. The van der Waals surface area contributed by atoms with Crippen molar-refractivity contribution in [3.05, 3.63) is 63.6 Å². The molecule has 1 atom stereocenters. The SMILES string of the molecule is CC[C@@H](C(=O)NCC(C)C)N(Cc1cccc(C)c1)C(=O)CN(c1cccc(Cl)c1Cl)S(C)(=O)=O. The standard InChI is InChI=1S/C25H33Cl2N3O4S/c1-6-21(25(32)28-14-17(2)3)29(15-19-10-7-9-18(4)13-19)23(31)16-30(35(5,33)34)22-12-8-11-20(26)24(22)27/h7-13,17,21H,6,14-16H2,1-5H3,(H,28,32)/t21-/m0/s1. The molecule has 0 aliphatic rings. The fourth-order valence-electron chi connectivity index (χ4n) is 3.63. The predicted molar refractivity (Wildman–Crippen MR) is 142 cm³/mol. The summed E-state index contributed by atoms with van der Waals surface area (Å²) in [5.74, 6) is -0.573. The molecule has 1 N–H and O–H groups in total.